The van der Waals surface area contributed by atoms with Crippen molar-refractivity contribution in [2.45, 2.75) is 24.7 Å². The number of aliphatic imine (C=N–C) groups is 2. The summed E-state index contributed by atoms with van der Waals surface area (Å²) in [7, 11) is 0. The Bertz CT molecular complexity index is 2690. The average Bonchev–Trinajstić information content (AvgIpc) is 3.19. The Hall–Kier alpha value is -7.76. The molecule has 0 bridgehead atoms. The van der Waals surface area contributed by atoms with Crippen LogP contribution < -0.4 is 0 Å². The highest BCUT2D eigenvalue weighted by molar-refractivity contribution is 6.29. The number of aromatic nitrogens is 4. The zero-order chi connectivity index (χ0) is 46.8. The lowest BCUT2D eigenvalue weighted by Crippen LogP contribution is -2.29. The average molecular weight is 909 g/mol. The first kappa shape index (κ1) is 44.3. The quantitative estimate of drug-likeness (QED) is 0.128. The summed E-state index contributed by atoms with van der Waals surface area (Å²) in [6, 6.07) is 4.65. The second-order valence-corrected chi connectivity index (χ2v) is 13.1. The second kappa shape index (κ2) is 15.5. The molecule has 1 aliphatic rings. The molecule has 2 heterocycles. The predicted octanol–water partition coefficient (Wildman–Crippen LogP) is 11.5. The summed E-state index contributed by atoms with van der Waals surface area (Å²) in [6.45, 7) is 0. The van der Waals surface area contributed by atoms with Crippen LogP contribution in [0.15, 0.2) is 82.8 Å². The Morgan fingerprint density at radius 1 is 0.344 bits per heavy atom. The molecular weight excluding hydrogens is 896 g/mol. The number of hydrogen-bond acceptors (Lipinski definition) is 8. The van der Waals surface area contributed by atoms with Crippen LogP contribution in [0.2, 0.25) is 0 Å². The van der Waals surface area contributed by atoms with Gasteiger partial charge in [-0.1, -0.05) is 24.3 Å². The van der Waals surface area contributed by atoms with E-state index in [1.807, 2.05) is 0 Å². The maximum atomic E-state index is 15.1. The first-order chi connectivity index (χ1) is 29.8. The summed E-state index contributed by atoms with van der Waals surface area (Å²) in [4.78, 5) is 24.3. The third-order valence-corrected chi connectivity index (χ3v) is 9.20. The van der Waals surface area contributed by atoms with Gasteiger partial charge in [-0.15, -0.1) is 0 Å². The molecule has 8 nitrogen and oxygen atoms in total. The van der Waals surface area contributed by atoms with E-state index >= 15 is 17.6 Å². The molecule has 0 saturated carbocycles. The predicted molar refractivity (Wildman–Crippen MR) is 188 cm³/mol. The first-order valence-corrected chi connectivity index (χ1v) is 17.1. The van der Waals surface area contributed by atoms with Crippen LogP contribution in [0.4, 0.5) is 70.2 Å². The molecule has 0 radical (unpaired) electrons. The van der Waals surface area contributed by atoms with Gasteiger partial charge in [0, 0.05) is 22.3 Å². The molecule has 0 fully saturated rings. The fourth-order valence-corrected chi connectivity index (χ4v) is 6.44. The maximum absolute atomic E-state index is 15.1. The second-order valence-electron chi connectivity index (χ2n) is 13.1. The molecule has 0 unspecified atom stereocenters. The minimum Gasteiger partial charge on any atom is -0.241 e. The van der Waals surface area contributed by atoms with Crippen LogP contribution in [0.25, 0.3) is 45.0 Å². The van der Waals surface area contributed by atoms with Gasteiger partial charge >= 0.3 is 24.7 Å². The van der Waals surface area contributed by atoms with Gasteiger partial charge in [0.1, 0.15) is 57.5 Å². The smallest absolute Gasteiger partial charge is 0.241 e. The van der Waals surface area contributed by atoms with Crippen molar-refractivity contribution in [1.29, 1.82) is 10.5 Å². The highest BCUT2D eigenvalue weighted by Gasteiger charge is 2.40. The molecule has 0 spiro atoms. The van der Waals surface area contributed by atoms with E-state index in [1.165, 1.54) is 12.4 Å². The Kier molecular flexibility index (Phi) is 10.8. The molecule has 2 aromatic heterocycles. The topological polar surface area (TPSA) is 124 Å². The summed E-state index contributed by atoms with van der Waals surface area (Å²) >= 11 is 0. The highest BCUT2D eigenvalue weighted by atomic mass is 19.4. The van der Waals surface area contributed by atoms with E-state index in [4.69, 9.17) is 0 Å². The molecule has 324 valence electrons. The van der Waals surface area contributed by atoms with Gasteiger partial charge in [0.2, 0.25) is 12.4 Å². The van der Waals surface area contributed by atoms with Crippen LogP contribution >= 0.6 is 0 Å². The van der Waals surface area contributed by atoms with E-state index in [1.54, 1.807) is 0 Å². The number of nitriles is 2. The van der Waals surface area contributed by atoms with Crippen molar-refractivity contribution in [3.8, 4) is 57.4 Å². The maximum Gasteiger partial charge on any atom is 0.419 e. The molecule has 1 aliphatic carbocycles. The zero-order valence-corrected chi connectivity index (χ0v) is 30.6. The number of alkyl halides is 12. The molecule has 64 heavy (non-hydrogen) atoms. The molecule has 4 aromatic carbocycles. The van der Waals surface area contributed by atoms with Gasteiger partial charge in [-0.05, 0) is 48.5 Å². The van der Waals surface area contributed by atoms with Crippen molar-refractivity contribution in [3.05, 3.63) is 141 Å². The number of benzene rings is 4. The Morgan fingerprint density at radius 2 is 0.547 bits per heavy atom. The van der Waals surface area contributed by atoms with Crippen molar-refractivity contribution < 1.29 is 70.2 Å². The monoisotopic (exact) mass is 908 g/mol. The lowest BCUT2D eigenvalue weighted by atomic mass is 9.92. The minimum absolute atomic E-state index is 0.248. The van der Waals surface area contributed by atoms with Gasteiger partial charge in [-0.2, -0.15) is 73.2 Å². The van der Waals surface area contributed by atoms with Gasteiger partial charge < -0.3 is 0 Å². The third-order valence-electron chi connectivity index (χ3n) is 9.20. The number of fused-ring (bicyclic) bond motifs is 2. The summed E-state index contributed by atoms with van der Waals surface area (Å²) in [6.07, 6.45) is -18.3. The van der Waals surface area contributed by atoms with E-state index in [-0.39, 0.29) is 48.5 Å². The molecule has 0 atom stereocenters. The normalized spacial score (nSPS) is 12.9. The van der Waals surface area contributed by atoms with Crippen LogP contribution in [0.3, 0.4) is 0 Å². The Morgan fingerprint density at radius 3 is 0.703 bits per heavy atom. The fourth-order valence-electron chi connectivity index (χ4n) is 6.44. The van der Waals surface area contributed by atoms with Crippen LogP contribution in [-0.2, 0) is 24.7 Å². The molecule has 24 heteroatoms. The van der Waals surface area contributed by atoms with Gasteiger partial charge in [0.15, 0.2) is 0 Å². The molecule has 0 N–H and O–H groups in total. The summed E-state index contributed by atoms with van der Waals surface area (Å²) < 4.78 is 223. The van der Waals surface area contributed by atoms with Crippen molar-refractivity contribution in [3.63, 3.8) is 0 Å². The fraction of sp³-hybridized carbons (Fsp3) is 0.100. The number of hydrogen-bond donors (Lipinski definition) is 0. The van der Waals surface area contributed by atoms with E-state index in [9.17, 15) is 63.2 Å². The largest absolute Gasteiger partial charge is 0.419 e. The van der Waals surface area contributed by atoms with Crippen molar-refractivity contribution in [2.24, 2.45) is 9.98 Å². The molecule has 0 saturated heterocycles. The van der Waals surface area contributed by atoms with Crippen LogP contribution in [-0.4, -0.2) is 31.4 Å². The lowest BCUT2D eigenvalue weighted by Gasteiger charge is -2.23. The van der Waals surface area contributed by atoms with E-state index in [0.29, 0.717) is 24.3 Å². The van der Waals surface area contributed by atoms with Crippen molar-refractivity contribution >= 4 is 11.4 Å². The van der Waals surface area contributed by atoms with Crippen LogP contribution in [0, 0.1) is 46.2 Å². The summed E-state index contributed by atoms with van der Waals surface area (Å²) in [5.41, 5.74) is -17.0. The molecule has 0 amide bonds. The molecule has 0 aliphatic heterocycles. The summed E-state index contributed by atoms with van der Waals surface area (Å²) in [5, 5.41) is 19.6. The Balaban J connectivity index is 1.58. The van der Waals surface area contributed by atoms with Crippen molar-refractivity contribution in [2.75, 3.05) is 0 Å². The molecular formula is C40H12F16N8. The van der Waals surface area contributed by atoms with E-state index in [2.05, 4.69) is 29.9 Å². The minimum atomic E-state index is -5.25. The van der Waals surface area contributed by atoms with E-state index in [0.717, 1.165) is 0 Å². The van der Waals surface area contributed by atoms with E-state index < -0.39 is 149 Å². The standard InChI is InChI=1S/C40H12F16N8/c41-23-9-15(1-5-19(23)37(45,46)47)27-28(16-2-6-20(24(42)10-16)38(48,49)50)62-34-32(60-14-58)36-35(31(59-13-57)33(34)61-27)63-29(17-3-7-21(25(43)11-17)39(51,52)53)30(64-36)18-4-8-22(26(44)12-18)40(54,55)56/h1-12H. The summed E-state index contributed by atoms with van der Waals surface area (Å²) in [5.74, 6) is -7.65. The van der Waals surface area contributed by atoms with Gasteiger partial charge in [0.25, 0.3) is 0 Å². The SMILES string of the molecule is N#CN=C1c2nc(-c3ccc(C(F)(F)F)c(F)c3)c(-c3ccc(C(F)(F)F)c(F)c3)nc2C(=NC#N)c2nc(-c3ccc(C(F)(F)F)c(F)c3)c(-c3ccc(C(F)(F)F)c(F)c3)nc21. The highest BCUT2D eigenvalue weighted by Crippen LogP contribution is 2.42. The third kappa shape index (κ3) is 8.05. The zero-order valence-electron chi connectivity index (χ0n) is 30.6. The lowest BCUT2D eigenvalue weighted by molar-refractivity contribution is -0.140. The van der Waals surface area contributed by atoms with Gasteiger partial charge in [-0.3, -0.25) is 0 Å². The Labute approximate surface area is 345 Å². The van der Waals surface area contributed by atoms with Gasteiger partial charge in [-0.25, -0.2) is 37.5 Å². The van der Waals surface area contributed by atoms with Crippen LogP contribution in [0.5, 0.6) is 0 Å². The van der Waals surface area contributed by atoms with Gasteiger partial charge in [0.05, 0.1) is 45.0 Å². The number of nitrogens with zero attached hydrogens (tertiary/aromatic N) is 8. The van der Waals surface area contributed by atoms with Crippen LogP contribution in [0.1, 0.15) is 45.0 Å². The van der Waals surface area contributed by atoms with Crippen molar-refractivity contribution in [1.82, 2.24) is 19.9 Å². The molecule has 6 aromatic rings. The number of halogens is 16. The number of rotatable bonds is 4. The molecule has 7 rings (SSSR count). The first-order valence-electron chi connectivity index (χ1n) is 17.1.